The van der Waals surface area contributed by atoms with Crippen molar-refractivity contribution in [2.24, 2.45) is 0 Å². The van der Waals surface area contributed by atoms with E-state index in [1.54, 1.807) is 30.5 Å². The molecule has 0 bridgehead atoms. The lowest BCUT2D eigenvalue weighted by Crippen LogP contribution is -2.03. The molecular formula is C19H16FN5O3. The van der Waals surface area contributed by atoms with Crippen LogP contribution in [0.5, 0.6) is 5.75 Å². The molecule has 8 nitrogen and oxygen atoms in total. The average Bonchev–Trinajstić information content (AvgIpc) is 3.03. The Bertz CT molecular complexity index is 1220. The van der Waals surface area contributed by atoms with Crippen LogP contribution in [0.1, 0.15) is 5.56 Å². The summed E-state index contributed by atoms with van der Waals surface area (Å²) in [5.41, 5.74) is 3.03. The molecule has 0 saturated carbocycles. The molecule has 4 rings (SSSR count). The molecule has 0 aliphatic rings. The molecule has 2 aromatic heterocycles. The lowest BCUT2D eigenvalue weighted by atomic mass is 10.2. The molecule has 0 spiro atoms. The van der Waals surface area contributed by atoms with Gasteiger partial charge >= 0.3 is 5.76 Å². The number of halogens is 1. The van der Waals surface area contributed by atoms with E-state index in [0.29, 0.717) is 40.0 Å². The number of nitrogens with one attached hydrogen (secondary N) is 3. The van der Waals surface area contributed by atoms with Crippen LogP contribution in [0.4, 0.5) is 27.5 Å². The second kappa shape index (κ2) is 7.03. The molecule has 0 atom stereocenters. The van der Waals surface area contributed by atoms with Gasteiger partial charge in [-0.05, 0) is 31.2 Å². The van der Waals surface area contributed by atoms with Gasteiger partial charge in [0, 0.05) is 35.3 Å². The minimum absolute atomic E-state index is 0.290. The predicted octanol–water partition coefficient (Wildman–Crippen LogP) is 3.85. The molecule has 0 aliphatic carbocycles. The Balaban J connectivity index is 1.61. The van der Waals surface area contributed by atoms with E-state index in [1.807, 2.05) is 6.92 Å². The Morgan fingerprint density at radius 1 is 1.14 bits per heavy atom. The van der Waals surface area contributed by atoms with Crippen molar-refractivity contribution in [3.05, 3.63) is 64.5 Å². The third-order valence-electron chi connectivity index (χ3n) is 4.02. The molecule has 4 aromatic rings. The highest BCUT2D eigenvalue weighted by molar-refractivity contribution is 5.78. The number of fused-ring (bicyclic) bond motifs is 1. The smallest absolute Gasteiger partial charge is 0.417 e. The van der Waals surface area contributed by atoms with Gasteiger partial charge in [0.05, 0.1) is 12.6 Å². The molecule has 2 heterocycles. The van der Waals surface area contributed by atoms with Gasteiger partial charge in [0.25, 0.3) is 0 Å². The van der Waals surface area contributed by atoms with Gasteiger partial charge in [0.1, 0.15) is 17.4 Å². The molecule has 142 valence electrons. The first-order chi connectivity index (χ1) is 13.5. The molecule has 0 saturated heterocycles. The van der Waals surface area contributed by atoms with Crippen molar-refractivity contribution < 1.29 is 13.5 Å². The minimum Gasteiger partial charge on any atom is -0.497 e. The molecule has 3 N–H and O–H groups in total. The molecule has 0 radical (unpaired) electrons. The number of H-pyrrole nitrogens is 1. The van der Waals surface area contributed by atoms with Gasteiger partial charge in [0.15, 0.2) is 5.58 Å². The van der Waals surface area contributed by atoms with Gasteiger partial charge in [-0.2, -0.15) is 4.98 Å². The maximum absolute atomic E-state index is 13.7. The Labute approximate surface area is 158 Å². The van der Waals surface area contributed by atoms with E-state index in [9.17, 15) is 9.18 Å². The summed E-state index contributed by atoms with van der Waals surface area (Å²) in [7, 11) is 1.47. The van der Waals surface area contributed by atoms with Gasteiger partial charge in [-0.3, -0.25) is 4.98 Å². The second-order valence-electron chi connectivity index (χ2n) is 6.08. The van der Waals surface area contributed by atoms with E-state index < -0.39 is 11.6 Å². The summed E-state index contributed by atoms with van der Waals surface area (Å²) < 4.78 is 23.7. The van der Waals surface area contributed by atoms with E-state index >= 15 is 0 Å². The SMILES string of the molecule is COc1cc(F)cc(Nc2ncc(C)c(Nc3ccc4oc(=O)[nH]c4c3)n2)c1. The number of ether oxygens (including phenoxy) is 1. The van der Waals surface area contributed by atoms with Crippen LogP contribution in [0.25, 0.3) is 11.1 Å². The van der Waals surface area contributed by atoms with Gasteiger partial charge in [-0.15, -0.1) is 0 Å². The number of methoxy groups -OCH3 is 1. The van der Waals surface area contributed by atoms with E-state index in [2.05, 4.69) is 25.6 Å². The van der Waals surface area contributed by atoms with E-state index in [-0.39, 0.29) is 0 Å². The molecule has 0 unspecified atom stereocenters. The number of aromatic nitrogens is 3. The zero-order chi connectivity index (χ0) is 19.7. The van der Waals surface area contributed by atoms with Crippen molar-refractivity contribution in [1.29, 1.82) is 0 Å². The van der Waals surface area contributed by atoms with Crippen LogP contribution in [0.15, 0.2) is 51.8 Å². The number of hydrogen-bond acceptors (Lipinski definition) is 7. The summed E-state index contributed by atoms with van der Waals surface area (Å²) in [6.07, 6.45) is 1.65. The number of rotatable bonds is 5. The topological polar surface area (TPSA) is 105 Å². The number of aryl methyl sites for hydroxylation is 1. The fraction of sp³-hybridized carbons (Fsp3) is 0.105. The average molecular weight is 381 g/mol. The lowest BCUT2D eigenvalue weighted by Gasteiger charge is -2.11. The number of benzene rings is 2. The number of anilines is 4. The maximum Gasteiger partial charge on any atom is 0.417 e. The second-order valence-corrected chi connectivity index (χ2v) is 6.08. The third-order valence-corrected chi connectivity index (χ3v) is 4.02. The highest BCUT2D eigenvalue weighted by Crippen LogP contribution is 2.25. The van der Waals surface area contributed by atoms with Crippen molar-refractivity contribution in [2.45, 2.75) is 6.92 Å². The van der Waals surface area contributed by atoms with E-state index in [0.717, 1.165) is 5.56 Å². The van der Waals surface area contributed by atoms with Gasteiger partial charge in [0.2, 0.25) is 5.95 Å². The van der Waals surface area contributed by atoms with Gasteiger partial charge in [-0.1, -0.05) is 0 Å². The van der Waals surface area contributed by atoms with E-state index in [1.165, 1.54) is 19.2 Å². The summed E-state index contributed by atoms with van der Waals surface area (Å²) >= 11 is 0. The van der Waals surface area contributed by atoms with Crippen molar-refractivity contribution in [3.8, 4) is 5.75 Å². The van der Waals surface area contributed by atoms with Crippen LogP contribution in [0, 0.1) is 12.7 Å². The normalized spacial score (nSPS) is 10.8. The largest absolute Gasteiger partial charge is 0.497 e. The Kier molecular flexibility index (Phi) is 4.40. The Morgan fingerprint density at radius 2 is 2.00 bits per heavy atom. The number of hydrogen-bond donors (Lipinski definition) is 3. The third kappa shape index (κ3) is 3.63. The molecule has 0 fully saturated rings. The van der Waals surface area contributed by atoms with Crippen LogP contribution in [0.2, 0.25) is 0 Å². The minimum atomic E-state index is -0.512. The molecule has 2 aromatic carbocycles. The summed E-state index contributed by atoms with van der Waals surface area (Å²) in [5, 5.41) is 6.14. The van der Waals surface area contributed by atoms with Crippen LogP contribution in [-0.2, 0) is 0 Å². The summed E-state index contributed by atoms with van der Waals surface area (Å²) in [4.78, 5) is 22.6. The molecule has 9 heteroatoms. The molecule has 28 heavy (non-hydrogen) atoms. The molecular weight excluding hydrogens is 365 g/mol. The van der Waals surface area contributed by atoms with Crippen LogP contribution < -0.4 is 21.1 Å². The number of oxazole rings is 1. The number of nitrogens with zero attached hydrogens (tertiary/aromatic N) is 2. The fourth-order valence-corrected chi connectivity index (χ4v) is 2.68. The fourth-order valence-electron chi connectivity index (χ4n) is 2.68. The zero-order valence-electron chi connectivity index (χ0n) is 15.0. The first-order valence-corrected chi connectivity index (χ1v) is 8.35. The molecule has 0 amide bonds. The first kappa shape index (κ1) is 17.5. The number of aromatic amines is 1. The highest BCUT2D eigenvalue weighted by atomic mass is 19.1. The Hall–Kier alpha value is -3.88. The van der Waals surface area contributed by atoms with Crippen molar-refractivity contribution >= 4 is 34.2 Å². The standard InChI is InChI=1S/C19H16FN5O3/c1-10-9-21-18(23-13-5-11(20)6-14(7-13)27-2)25-17(10)22-12-3-4-16-15(8-12)24-19(26)28-16/h3-9H,1-2H3,(H,24,26)(H2,21,22,23,25). The first-order valence-electron chi connectivity index (χ1n) is 8.35. The van der Waals surface area contributed by atoms with Gasteiger partial charge in [-0.25, -0.2) is 14.2 Å². The summed E-state index contributed by atoms with van der Waals surface area (Å²) in [6, 6.07) is 9.44. The monoisotopic (exact) mass is 381 g/mol. The summed E-state index contributed by atoms with van der Waals surface area (Å²) in [5.74, 6) is 0.289. The molecule has 0 aliphatic heterocycles. The summed E-state index contributed by atoms with van der Waals surface area (Å²) in [6.45, 7) is 1.86. The lowest BCUT2D eigenvalue weighted by molar-refractivity contribution is 0.411. The van der Waals surface area contributed by atoms with Crippen LogP contribution in [-0.4, -0.2) is 22.1 Å². The van der Waals surface area contributed by atoms with Crippen molar-refractivity contribution in [2.75, 3.05) is 17.7 Å². The zero-order valence-corrected chi connectivity index (χ0v) is 15.0. The van der Waals surface area contributed by atoms with Crippen LogP contribution in [0.3, 0.4) is 0 Å². The van der Waals surface area contributed by atoms with E-state index in [4.69, 9.17) is 9.15 Å². The van der Waals surface area contributed by atoms with Crippen molar-refractivity contribution in [1.82, 2.24) is 15.0 Å². The highest BCUT2D eigenvalue weighted by Gasteiger charge is 2.08. The maximum atomic E-state index is 13.7. The Morgan fingerprint density at radius 3 is 2.82 bits per heavy atom. The predicted molar refractivity (Wildman–Crippen MR) is 103 cm³/mol. The van der Waals surface area contributed by atoms with Crippen molar-refractivity contribution in [3.63, 3.8) is 0 Å². The van der Waals surface area contributed by atoms with Crippen LogP contribution >= 0.6 is 0 Å². The quantitative estimate of drug-likeness (QED) is 0.482. The van der Waals surface area contributed by atoms with Gasteiger partial charge < -0.3 is 19.8 Å².